The van der Waals surface area contributed by atoms with Gasteiger partial charge in [-0.1, -0.05) is 0 Å². The molecule has 2 aromatic heterocycles. The Hall–Kier alpha value is -2.02. The van der Waals surface area contributed by atoms with Crippen LogP contribution in [0.15, 0.2) is 33.9 Å². The van der Waals surface area contributed by atoms with Crippen LogP contribution in [0.3, 0.4) is 0 Å². The second kappa shape index (κ2) is 5.96. The van der Waals surface area contributed by atoms with Crippen molar-refractivity contribution in [1.82, 2.24) is 9.55 Å². The van der Waals surface area contributed by atoms with Crippen LogP contribution < -0.4 is 20.6 Å². The van der Waals surface area contributed by atoms with Crippen molar-refractivity contribution in [2.75, 3.05) is 20.0 Å². The van der Waals surface area contributed by atoms with E-state index in [4.69, 9.17) is 15.2 Å². The van der Waals surface area contributed by atoms with Gasteiger partial charge in [0.25, 0.3) is 0 Å². The molecule has 0 fully saturated rings. The summed E-state index contributed by atoms with van der Waals surface area (Å²) in [5, 5.41) is 0. The molecule has 0 saturated heterocycles. The lowest BCUT2D eigenvalue weighted by atomic mass is 10.3. The van der Waals surface area contributed by atoms with Gasteiger partial charge in [0, 0.05) is 24.7 Å². The zero-order valence-electron chi connectivity index (χ0n) is 11.1. The summed E-state index contributed by atoms with van der Waals surface area (Å²) in [7, 11) is 3.12. The third-order valence-corrected chi connectivity index (χ3v) is 3.33. The molecule has 20 heavy (non-hydrogen) atoms. The van der Waals surface area contributed by atoms with Gasteiger partial charge < -0.3 is 19.8 Å². The van der Waals surface area contributed by atoms with Crippen LogP contribution in [-0.2, 0) is 6.54 Å². The molecule has 0 amide bonds. The maximum absolute atomic E-state index is 11.6. The van der Waals surface area contributed by atoms with Gasteiger partial charge in [0.15, 0.2) is 11.5 Å². The molecule has 7 heteroatoms. The van der Waals surface area contributed by atoms with Gasteiger partial charge in [0.05, 0.1) is 30.9 Å². The molecule has 0 saturated carbocycles. The highest BCUT2D eigenvalue weighted by atomic mass is 79.9. The fourth-order valence-corrected chi connectivity index (χ4v) is 2.34. The van der Waals surface area contributed by atoms with Crippen molar-refractivity contribution in [3.63, 3.8) is 0 Å². The van der Waals surface area contributed by atoms with E-state index in [1.165, 1.54) is 0 Å². The van der Waals surface area contributed by atoms with Gasteiger partial charge in [-0.25, -0.2) is 0 Å². The van der Waals surface area contributed by atoms with E-state index in [1.54, 1.807) is 43.4 Å². The number of aromatic nitrogens is 2. The second-order valence-corrected chi connectivity index (χ2v) is 4.91. The maximum Gasteiger partial charge on any atom is 0.218 e. The number of ether oxygens (including phenoxy) is 2. The summed E-state index contributed by atoms with van der Waals surface area (Å²) >= 11 is 3.18. The first-order valence-electron chi connectivity index (χ1n) is 5.77. The van der Waals surface area contributed by atoms with Crippen LogP contribution in [0.2, 0.25) is 0 Å². The predicted octanol–water partition coefficient (Wildman–Crippen LogP) is 1.65. The number of anilines is 1. The molecular formula is C13H14BrN3O3. The highest BCUT2D eigenvalue weighted by Crippen LogP contribution is 2.29. The molecule has 0 bridgehead atoms. The molecule has 0 aliphatic rings. The first kappa shape index (κ1) is 14.4. The summed E-state index contributed by atoms with van der Waals surface area (Å²) in [5.74, 6) is 1.16. The van der Waals surface area contributed by atoms with Crippen LogP contribution in [0.1, 0.15) is 5.69 Å². The summed E-state index contributed by atoms with van der Waals surface area (Å²) in [6, 6.07) is 1.72. The molecule has 0 aliphatic heterocycles. The van der Waals surface area contributed by atoms with E-state index in [1.807, 2.05) is 0 Å². The summed E-state index contributed by atoms with van der Waals surface area (Å²) < 4.78 is 12.7. The zero-order chi connectivity index (χ0) is 14.7. The van der Waals surface area contributed by atoms with Crippen molar-refractivity contribution in [3.05, 3.63) is 45.0 Å². The fourth-order valence-electron chi connectivity index (χ4n) is 1.84. The molecule has 0 unspecified atom stereocenters. The Labute approximate surface area is 124 Å². The van der Waals surface area contributed by atoms with Gasteiger partial charge >= 0.3 is 0 Å². The monoisotopic (exact) mass is 339 g/mol. The van der Waals surface area contributed by atoms with Crippen LogP contribution in [0.4, 0.5) is 5.69 Å². The van der Waals surface area contributed by atoms with E-state index in [2.05, 4.69) is 20.9 Å². The lowest BCUT2D eigenvalue weighted by Crippen LogP contribution is -2.14. The van der Waals surface area contributed by atoms with Gasteiger partial charge in [-0.2, -0.15) is 0 Å². The summed E-state index contributed by atoms with van der Waals surface area (Å²) in [6.45, 7) is 0.406. The normalized spacial score (nSPS) is 10.3. The van der Waals surface area contributed by atoms with Crippen molar-refractivity contribution in [3.8, 4) is 11.5 Å². The van der Waals surface area contributed by atoms with Crippen molar-refractivity contribution in [2.45, 2.75) is 6.54 Å². The maximum atomic E-state index is 11.6. The topological polar surface area (TPSA) is 79.4 Å². The Bertz CT molecular complexity index is 659. The molecular weight excluding hydrogens is 326 g/mol. The Balaban J connectivity index is 2.42. The van der Waals surface area contributed by atoms with Crippen LogP contribution >= 0.6 is 15.9 Å². The first-order valence-corrected chi connectivity index (χ1v) is 6.57. The van der Waals surface area contributed by atoms with E-state index in [9.17, 15) is 4.79 Å². The molecule has 0 aliphatic carbocycles. The molecule has 6 nitrogen and oxygen atoms in total. The number of methoxy groups -OCH3 is 2. The van der Waals surface area contributed by atoms with E-state index in [-0.39, 0.29) is 11.1 Å². The van der Waals surface area contributed by atoms with Gasteiger partial charge in [-0.3, -0.25) is 9.78 Å². The molecule has 0 radical (unpaired) electrons. The number of nitrogen functional groups attached to an aromatic ring is 1. The van der Waals surface area contributed by atoms with Crippen LogP contribution in [0, 0.1) is 0 Å². The van der Waals surface area contributed by atoms with Crippen LogP contribution in [0.25, 0.3) is 0 Å². The average Bonchev–Trinajstić information content (AvgIpc) is 2.44. The Morgan fingerprint density at radius 2 is 2.10 bits per heavy atom. The number of nitrogens with zero attached hydrogens (tertiary/aromatic N) is 2. The third kappa shape index (κ3) is 2.77. The van der Waals surface area contributed by atoms with Gasteiger partial charge in [-0.05, 0) is 15.9 Å². The molecule has 0 spiro atoms. The highest BCUT2D eigenvalue weighted by Gasteiger charge is 2.12. The quantitative estimate of drug-likeness (QED) is 0.916. The fraction of sp³-hybridized carbons (Fsp3) is 0.231. The largest absolute Gasteiger partial charge is 0.493 e. The number of hydrogen-bond acceptors (Lipinski definition) is 5. The summed E-state index contributed by atoms with van der Waals surface area (Å²) in [5.41, 5.74) is 6.28. The second-order valence-electron chi connectivity index (χ2n) is 4.06. The number of hydrogen-bond donors (Lipinski definition) is 1. The highest BCUT2D eigenvalue weighted by molar-refractivity contribution is 9.10. The SMILES string of the molecule is COc1ccnc(Cn2cc(N)c(=O)c(Br)c2)c1OC. The molecule has 0 atom stereocenters. The Morgan fingerprint density at radius 3 is 2.70 bits per heavy atom. The van der Waals surface area contributed by atoms with Gasteiger partial charge in [-0.15, -0.1) is 0 Å². The summed E-state index contributed by atoms with van der Waals surface area (Å²) in [6.07, 6.45) is 4.85. The van der Waals surface area contributed by atoms with Crippen molar-refractivity contribution in [2.24, 2.45) is 0 Å². The lowest BCUT2D eigenvalue weighted by Gasteiger charge is -2.13. The van der Waals surface area contributed by atoms with Crippen molar-refractivity contribution >= 4 is 21.6 Å². The molecule has 2 heterocycles. The number of pyridine rings is 2. The lowest BCUT2D eigenvalue weighted by molar-refractivity contribution is 0.348. The molecule has 2 N–H and O–H groups in total. The average molecular weight is 340 g/mol. The minimum Gasteiger partial charge on any atom is -0.493 e. The van der Waals surface area contributed by atoms with E-state index < -0.39 is 0 Å². The molecule has 2 rings (SSSR count). The zero-order valence-corrected chi connectivity index (χ0v) is 12.7. The van der Waals surface area contributed by atoms with Gasteiger partial charge in [0.1, 0.15) is 5.69 Å². The van der Waals surface area contributed by atoms with E-state index in [0.29, 0.717) is 28.2 Å². The van der Waals surface area contributed by atoms with Crippen LogP contribution in [0.5, 0.6) is 11.5 Å². The number of nitrogens with two attached hydrogens (primary N) is 1. The number of rotatable bonds is 4. The first-order chi connectivity index (χ1) is 9.56. The Kier molecular flexibility index (Phi) is 4.29. The number of halogens is 1. The standard InChI is InChI=1S/C13H14BrN3O3/c1-19-11-3-4-16-10(13(11)20-2)7-17-5-8(14)12(18)9(15)6-17/h3-6H,7,15H2,1-2H3. The van der Waals surface area contributed by atoms with Crippen molar-refractivity contribution in [1.29, 1.82) is 0 Å². The van der Waals surface area contributed by atoms with E-state index in [0.717, 1.165) is 0 Å². The smallest absolute Gasteiger partial charge is 0.218 e. The van der Waals surface area contributed by atoms with Crippen molar-refractivity contribution < 1.29 is 9.47 Å². The minimum absolute atomic E-state index is 0.168. The molecule has 106 valence electrons. The Morgan fingerprint density at radius 1 is 1.35 bits per heavy atom. The third-order valence-electron chi connectivity index (χ3n) is 2.76. The minimum atomic E-state index is -0.230. The van der Waals surface area contributed by atoms with Gasteiger partial charge in [0.2, 0.25) is 5.43 Å². The van der Waals surface area contributed by atoms with Crippen LogP contribution in [-0.4, -0.2) is 23.8 Å². The van der Waals surface area contributed by atoms with E-state index >= 15 is 0 Å². The summed E-state index contributed by atoms with van der Waals surface area (Å²) in [4.78, 5) is 15.8. The molecule has 0 aromatic carbocycles. The molecule has 2 aromatic rings. The predicted molar refractivity (Wildman–Crippen MR) is 79.3 cm³/mol.